The maximum Gasteiger partial charge on any atom is 0.314 e. The van der Waals surface area contributed by atoms with Crippen LogP contribution in [0, 0.1) is 17.3 Å². The highest BCUT2D eigenvalue weighted by Crippen LogP contribution is 2.65. The van der Waals surface area contributed by atoms with Crippen LogP contribution in [0.25, 0.3) is 0 Å². The number of hydrogen-bond acceptors (Lipinski definition) is 2. The molecule has 4 bridgehead atoms. The summed E-state index contributed by atoms with van der Waals surface area (Å²) in [6.07, 6.45) is 7.96. The third-order valence-electron chi connectivity index (χ3n) is 7.04. The molecule has 4 aliphatic rings. The van der Waals surface area contributed by atoms with Crippen molar-refractivity contribution in [2.24, 2.45) is 17.3 Å². The number of carbonyl (C=O) groups is 1. The van der Waals surface area contributed by atoms with Gasteiger partial charge in [-0.1, -0.05) is 30.3 Å². The van der Waals surface area contributed by atoms with Crippen molar-refractivity contribution in [2.45, 2.75) is 43.9 Å². The SMILES string of the molecule is CN(C)CCNC(=O)NCC12C[C@H]3C[C@H](C1)CC(c1ccccc1)(C3)C2. The number of nitrogens with zero attached hydrogens (tertiary/aromatic N) is 1. The molecule has 0 saturated heterocycles. The van der Waals surface area contributed by atoms with Gasteiger partial charge in [0.2, 0.25) is 0 Å². The molecule has 4 aliphatic carbocycles. The first-order valence-corrected chi connectivity index (χ1v) is 10.2. The van der Waals surface area contributed by atoms with E-state index in [0.717, 1.165) is 24.9 Å². The van der Waals surface area contributed by atoms with Gasteiger partial charge in [0, 0.05) is 19.6 Å². The van der Waals surface area contributed by atoms with Gasteiger partial charge >= 0.3 is 6.03 Å². The first kappa shape index (κ1) is 17.8. The highest BCUT2D eigenvalue weighted by molar-refractivity contribution is 5.73. The first-order valence-electron chi connectivity index (χ1n) is 10.2. The van der Waals surface area contributed by atoms with Crippen LogP contribution >= 0.6 is 0 Å². The monoisotopic (exact) mass is 355 g/mol. The molecule has 26 heavy (non-hydrogen) atoms. The summed E-state index contributed by atoms with van der Waals surface area (Å²) in [6.45, 7) is 2.41. The van der Waals surface area contributed by atoms with Gasteiger partial charge in [-0.05, 0) is 80.8 Å². The molecular formula is C22H33N3O. The fourth-order valence-corrected chi connectivity index (χ4v) is 6.51. The zero-order valence-electron chi connectivity index (χ0n) is 16.3. The van der Waals surface area contributed by atoms with Gasteiger partial charge in [0.05, 0.1) is 0 Å². The number of urea groups is 1. The normalized spacial score (nSPS) is 34.9. The third kappa shape index (κ3) is 3.48. The number of amides is 2. The van der Waals surface area contributed by atoms with E-state index in [4.69, 9.17) is 0 Å². The molecule has 2 atom stereocenters. The van der Waals surface area contributed by atoms with E-state index in [1.165, 1.54) is 44.1 Å². The van der Waals surface area contributed by atoms with E-state index in [1.54, 1.807) is 0 Å². The highest BCUT2D eigenvalue weighted by Gasteiger charge is 2.57. The standard InChI is InChI=1S/C22H33N3O/c1-25(2)9-8-23-20(26)24-16-21-11-17-10-18(12-21)14-22(13-17,15-21)19-6-4-3-5-7-19/h3-7,17-18H,8-16H2,1-2H3,(H2,23,24,26)/t17-,18-,21?,22?/m1/s1. The minimum absolute atomic E-state index is 0.00337. The molecule has 4 saturated carbocycles. The molecule has 0 aromatic heterocycles. The number of hydrogen-bond donors (Lipinski definition) is 2. The molecule has 142 valence electrons. The fourth-order valence-electron chi connectivity index (χ4n) is 6.51. The van der Waals surface area contributed by atoms with E-state index < -0.39 is 0 Å². The lowest BCUT2D eigenvalue weighted by Crippen LogP contribution is -2.57. The number of rotatable bonds is 6. The van der Waals surface area contributed by atoms with Gasteiger partial charge < -0.3 is 15.5 Å². The molecule has 0 spiro atoms. The molecule has 4 fully saturated rings. The van der Waals surface area contributed by atoms with E-state index in [0.29, 0.717) is 17.4 Å². The van der Waals surface area contributed by atoms with Crippen LogP contribution in [-0.2, 0) is 5.41 Å². The van der Waals surface area contributed by atoms with Crippen molar-refractivity contribution in [2.75, 3.05) is 33.7 Å². The second-order valence-electron chi connectivity index (χ2n) is 9.52. The summed E-state index contributed by atoms with van der Waals surface area (Å²) in [5.74, 6) is 1.69. The summed E-state index contributed by atoms with van der Waals surface area (Å²) < 4.78 is 0. The predicted molar refractivity (Wildman–Crippen MR) is 105 cm³/mol. The summed E-state index contributed by atoms with van der Waals surface area (Å²) in [5, 5.41) is 6.21. The molecule has 0 aliphatic heterocycles. The van der Waals surface area contributed by atoms with Crippen molar-refractivity contribution < 1.29 is 4.79 Å². The molecule has 0 radical (unpaired) electrons. The van der Waals surface area contributed by atoms with Crippen LogP contribution in [0.15, 0.2) is 30.3 Å². The van der Waals surface area contributed by atoms with Crippen LogP contribution in [0.2, 0.25) is 0 Å². The van der Waals surface area contributed by atoms with E-state index in [2.05, 4.69) is 45.9 Å². The van der Waals surface area contributed by atoms with E-state index in [-0.39, 0.29) is 6.03 Å². The lowest BCUT2D eigenvalue weighted by atomic mass is 9.43. The zero-order chi connectivity index (χ0) is 18.2. The number of carbonyl (C=O) groups excluding carboxylic acids is 1. The zero-order valence-corrected chi connectivity index (χ0v) is 16.3. The quantitative estimate of drug-likeness (QED) is 0.821. The van der Waals surface area contributed by atoms with Crippen LogP contribution in [0.3, 0.4) is 0 Å². The Labute approximate surface area is 157 Å². The maximum atomic E-state index is 12.2. The van der Waals surface area contributed by atoms with Crippen molar-refractivity contribution in [3.8, 4) is 0 Å². The number of benzene rings is 1. The van der Waals surface area contributed by atoms with Crippen molar-refractivity contribution >= 4 is 6.03 Å². The average molecular weight is 356 g/mol. The van der Waals surface area contributed by atoms with Crippen LogP contribution in [0.5, 0.6) is 0 Å². The molecular weight excluding hydrogens is 322 g/mol. The Morgan fingerprint density at radius 2 is 1.77 bits per heavy atom. The first-order chi connectivity index (χ1) is 12.5. The van der Waals surface area contributed by atoms with Crippen molar-refractivity contribution in [1.82, 2.24) is 15.5 Å². The summed E-state index contributed by atoms with van der Waals surface area (Å²) in [4.78, 5) is 14.3. The number of nitrogens with one attached hydrogen (secondary N) is 2. The van der Waals surface area contributed by atoms with Gasteiger partial charge in [0.1, 0.15) is 0 Å². The van der Waals surface area contributed by atoms with Gasteiger partial charge in [0.25, 0.3) is 0 Å². The third-order valence-corrected chi connectivity index (χ3v) is 7.04. The predicted octanol–water partition coefficient (Wildman–Crippen LogP) is 3.39. The average Bonchev–Trinajstić information content (AvgIpc) is 2.59. The van der Waals surface area contributed by atoms with Crippen LogP contribution in [-0.4, -0.2) is 44.7 Å². The largest absolute Gasteiger partial charge is 0.338 e. The number of likely N-dealkylation sites (N-methyl/N-ethyl adjacent to an activating group) is 1. The molecule has 1 aromatic rings. The van der Waals surface area contributed by atoms with Gasteiger partial charge in [0.15, 0.2) is 0 Å². The summed E-state index contributed by atoms with van der Waals surface area (Å²) in [6, 6.07) is 11.2. The minimum Gasteiger partial charge on any atom is -0.338 e. The maximum absolute atomic E-state index is 12.2. The summed E-state index contributed by atoms with van der Waals surface area (Å²) in [7, 11) is 4.05. The Morgan fingerprint density at radius 1 is 1.08 bits per heavy atom. The molecule has 1 aromatic carbocycles. The van der Waals surface area contributed by atoms with Crippen LogP contribution < -0.4 is 10.6 Å². The smallest absolute Gasteiger partial charge is 0.314 e. The van der Waals surface area contributed by atoms with Crippen molar-refractivity contribution in [1.29, 1.82) is 0 Å². The molecule has 2 N–H and O–H groups in total. The Hall–Kier alpha value is -1.55. The molecule has 4 heteroatoms. The lowest BCUT2D eigenvalue weighted by molar-refractivity contribution is -0.0693. The van der Waals surface area contributed by atoms with E-state index >= 15 is 0 Å². The Kier molecular flexibility index (Phi) is 4.72. The molecule has 4 nitrogen and oxygen atoms in total. The molecule has 5 rings (SSSR count). The fraction of sp³-hybridized carbons (Fsp3) is 0.682. The minimum atomic E-state index is -0.00337. The van der Waals surface area contributed by atoms with Gasteiger partial charge in [-0.3, -0.25) is 0 Å². The van der Waals surface area contributed by atoms with Crippen molar-refractivity contribution in [3.63, 3.8) is 0 Å². The van der Waals surface area contributed by atoms with Crippen LogP contribution in [0.4, 0.5) is 4.79 Å². The van der Waals surface area contributed by atoms with Gasteiger partial charge in [-0.2, -0.15) is 0 Å². The molecule has 2 amide bonds. The van der Waals surface area contributed by atoms with Crippen molar-refractivity contribution in [3.05, 3.63) is 35.9 Å². The van der Waals surface area contributed by atoms with Gasteiger partial charge in [-0.15, -0.1) is 0 Å². The molecule has 0 unspecified atom stereocenters. The topological polar surface area (TPSA) is 44.4 Å². The summed E-state index contributed by atoms with van der Waals surface area (Å²) in [5.41, 5.74) is 2.20. The van der Waals surface area contributed by atoms with Crippen LogP contribution in [0.1, 0.15) is 44.1 Å². The second-order valence-corrected chi connectivity index (χ2v) is 9.52. The summed E-state index contributed by atoms with van der Waals surface area (Å²) >= 11 is 0. The van der Waals surface area contributed by atoms with E-state index in [9.17, 15) is 4.79 Å². The Bertz CT molecular complexity index is 628. The lowest BCUT2D eigenvalue weighted by Gasteiger charge is -2.62. The Morgan fingerprint density at radius 3 is 2.42 bits per heavy atom. The highest BCUT2D eigenvalue weighted by atomic mass is 16.2. The second kappa shape index (κ2) is 6.88. The van der Waals surface area contributed by atoms with Gasteiger partial charge in [-0.25, -0.2) is 4.79 Å². The Balaban J connectivity index is 1.43. The van der Waals surface area contributed by atoms with E-state index in [1.807, 2.05) is 14.1 Å². The molecule has 0 heterocycles.